The fourth-order valence-electron chi connectivity index (χ4n) is 3.75. The predicted octanol–water partition coefficient (Wildman–Crippen LogP) is 4.82. The van der Waals surface area contributed by atoms with Gasteiger partial charge in [0.25, 0.3) is 5.91 Å². The van der Waals surface area contributed by atoms with E-state index >= 15 is 4.39 Å². The summed E-state index contributed by atoms with van der Waals surface area (Å²) in [6, 6.07) is 8.73. The Morgan fingerprint density at radius 2 is 1.86 bits per heavy atom. The molecule has 0 fully saturated rings. The van der Waals surface area contributed by atoms with Crippen LogP contribution in [0.5, 0.6) is 0 Å². The third-order valence-corrected chi connectivity index (χ3v) is 5.56. The maximum absolute atomic E-state index is 15.0. The summed E-state index contributed by atoms with van der Waals surface area (Å²) in [6.45, 7) is 1.59. The molecule has 1 atom stereocenters. The third kappa shape index (κ3) is 4.95. The van der Waals surface area contributed by atoms with E-state index in [9.17, 15) is 18.0 Å². The number of alkyl halides is 3. The number of aliphatic imine (C=N–C) groups is 1. The summed E-state index contributed by atoms with van der Waals surface area (Å²) in [5, 5.41) is 13.1. The van der Waals surface area contributed by atoms with E-state index in [0.29, 0.717) is 40.1 Å². The van der Waals surface area contributed by atoms with Crippen LogP contribution in [0.3, 0.4) is 0 Å². The number of nitrogens with two attached hydrogens (primary N) is 1. The average Bonchev–Trinajstić information content (AvgIpc) is 2.84. The van der Waals surface area contributed by atoms with E-state index in [-0.39, 0.29) is 11.1 Å². The van der Waals surface area contributed by atoms with Gasteiger partial charge in [-0.25, -0.2) is 4.39 Å². The number of hydrogen-bond acceptors (Lipinski definition) is 6. The second-order valence-corrected chi connectivity index (χ2v) is 7.96. The lowest BCUT2D eigenvalue weighted by atomic mass is 9.93. The number of amides is 1. The van der Waals surface area contributed by atoms with Crippen LogP contribution in [-0.4, -0.2) is 22.9 Å². The van der Waals surface area contributed by atoms with Crippen molar-refractivity contribution in [1.29, 1.82) is 5.41 Å². The Hall–Kier alpha value is -4.54. The normalized spacial score (nSPS) is 15.7. The zero-order chi connectivity index (χ0) is 26.0. The van der Waals surface area contributed by atoms with Gasteiger partial charge in [0, 0.05) is 52.4 Å². The second kappa shape index (κ2) is 9.61. The van der Waals surface area contributed by atoms with Crippen molar-refractivity contribution in [1.82, 2.24) is 10.3 Å². The van der Waals surface area contributed by atoms with Crippen LogP contribution in [0.15, 0.2) is 77.2 Å². The van der Waals surface area contributed by atoms with Crippen molar-refractivity contribution in [2.45, 2.75) is 19.1 Å². The van der Waals surface area contributed by atoms with E-state index in [4.69, 9.17) is 11.1 Å². The van der Waals surface area contributed by atoms with Gasteiger partial charge in [0.05, 0.1) is 11.1 Å². The van der Waals surface area contributed by atoms with E-state index < -0.39 is 29.5 Å². The topological polar surface area (TPSA) is 116 Å². The highest BCUT2D eigenvalue weighted by Crippen LogP contribution is 2.37. The van der Waals surface area contributed by atoms with Crippen LogP contribution in [0.1, 0.15) is 35.2 Å². The van der Waals surface area contributed by atoms with Gasteiger partial charge >= 0.3 is 6.18 Å². The molecule has 0 aliphatic carbocycles. The number of allylic oxidation sites excluding steroid dienone is 1. The van der Waals surface area contributed by atoms with E-state index in [1.807, 2.05) is 0 Å². The molecule has 2 heterocycles. The summed E-state index contributed by atoms with van der Waals surface area (Å²) in [7, 11) is 0. The fraction of sp³-hybridized carbons (Fsp3) is 0.120. The molecule has 5 N–H and O–H groups in total. The number of pyridine rings is 1. The van der Waals surface area contributed by atoms with E-state index in [0.717, 1.165) is 18.3 Å². The summed E-state index contributed by atoms with van der Waals surface area (Å²) in [5.41, 5.74) is 6.43. The Labute approximate surface area is 203 Å². The average molecular weight is 496 g/mol. The number of anilines is 2. The number of benzene rings is 2. The van der Waals surface area contributed by atoms with Gasteiger partial charge in [0.15, 0.2) is 0 Å². The lowest BCUT2D eigenvalue weighted by Gasteiger charge is -2.27. The minimum atomic E-state index is -4.73. The van der Waals surface area contributed by atoms with Crippen LogP contribution in [-0.2, 0) is 11.0 Å². The van der Waals surface area contributed by atoms with Crippen LogP contribution in [0.4, 0.5) is 28.9 Å². The van der Waals surface area contributed by atoms with Crippen molar-refractivity contribution in [3.63, 3.8) is 0 Å². The molecule has 11 heteroatoms. The first kappa shape index (κ1) is 24.6. The molecule has 0 bridgehead atoms. The molecule has 0 saturated carbocycles. The van der Waals surface area contributed by atoms with Gasteiger partial charge in [-0.05, 0) is 49.4 Å². The molecule has 1 unspecified atom stereocenters. The molecule has 184 valence electrons. The Kier molecular flexibility index (Phi) is 6.56. The van der Waals surface area contributed by atoms with Crippen molar-refractivity contribution < 1.29 is 22.4 Å². The standard InChI is InChI=1S/C25H20F4N6O/c1-13-21(24(36)34-17-3-5-20(31)15(10-17)12-30)22(35-23(33-13)14-6-8-32-9-7-14)18-4-2-16(11-19(18)26)25(27,28)29/h2-12,22,30H,31H2,1H3,(H,33,35)(H,34,36). The van der Waals surface area contributed by atoms with Crippen LogP contribution < -0.4 is 16.4 Å². The van der Waals surface area contributed by atoms with E-state index in [1.165, 1.54) is 30.6 Å². The highest BCUT2D eigenvalue weighted by atomic mass is 19.4. The first-order chi connectivity index (χ1) is 17.1. The second-order valence-electron chi connectivity index (χ2n) is 7.96. The Bertz CT molecular complexity index is 1400. The van der Waals surface area contributed by atoms with Gasteiger partial charge in [0.1, 0.15) is 17.7 Å². The van der Waals surface area contributed by atoms with Gasteiger partial charge in [-0.2, -0.15) is 13.2 Å². The maximum Gasteiger partial charge on any atom is 0.416 e. The summed E-state index contributed by atoms with van der Waals surface area (Å²) in [5.74, 6) is -1.50. The number of nitrogen functional groups attached to an aromatic ring is 1. The summed E-state index contributed by atoms with van der Waals surface area (Å²) < 4.78 is 54.4. The van der Waals surface area contributed by atoms with Crippen LogP contribution in [0.2, 0.25) is 0 Å². The molecular weight excluding hydrogens is 476 g/mol. The zero-order valence-electron chi connectivity index (χ0n) is 18.8. The number of amidine groups is 1. The SMILES string of the molecule is CC1=C(C(=O)Nc2ccc(N)c(C=N)c2)C(c2ccc(C(F)(F)F)cc2F)N=C(c2ccncc2)N1. The van der Waals surface area contributed by atoms with Crippen LogP contribution in [0, 0.1) is 11.2 Å². The third-order valence-electron chi connectivity index (χ3n) is 5.56. The van der Waals surface area contributed by atoms with Crippen LogP contribution in [0.25, 0.3) is 0 Å². The Balaban J connectivity index is 1.78. The molecule has 0 spiro atoms. The van der Waals surface area contributed by atoms with Crippen molar-refractivity contribution in [2.75, 3.05) is 11.1 Å². The van der Waals surface area contributed by atoms with Crippen molar-refractivity contribution in [3.05, 3.63) is 100 Å². The lowest BCUT2D eigenvalue weighted by molar-refractivity contribution is -0.137. The quantitative estimate of drug-likeness (QED) is 0.230. The van der Waals surface area contributed by atoms with Crippen LogP contribution >= 0.6 is 0 Å². The van der Waals surface area contributed by atoms with Gasteiger partial charge in [-0.3, -0.25) is 14.8 Å². The first-order valence-electron chi connectivity index (χ1n) is 10.6. The molecule has 0 radical (unpaired) electrons. The maximum atomic E-state index is 15.0. The monoisotopic (exact) mass is 496 g/mol. The molecule has 1 amide bonds. The highest BCUT2D eigenvalue weighted by Gasteiger charge is 2.35. The number of hydrogen-bond donors (Lipinski definition) is 4. The lowest BCUT2D eigenvalue weighted by Crippen LogP contribution is -2.34. The molecule has 36 heavy (non-hydrogen) atoms. The molecule has 3 aromatic rings. The van der Waals surface area contributed by atoms with E-state index in [1.54, 1.807) is 19.1 Å². The highest BCUT2D eigenvalue weighted by molar-refractivity contribution is 6.09. The number of halogens is 4. The molecule has 2 aromatic carbocycles. The molecule has 4 rings (SSSR count). The Morgan fingerprint density at radius 3 is 2.50 bits per heavy atom. The Morgan fingerprint density at radius 1 is 1.14 bits per heavy atom. The number of rotatable bonds is 5. The number of aromatic nitrogens is 1. The van der Waals surface area contributed by atoms with Crippen molar-refractivity contribution in [2.24, 2.45) is 4.99 Å². The van der Waals surface area contributed by atoms with E-state index in [2.05, 4.69) is 20.6 Å². The zero-order valence-corrected chi connectivity index (χ0v) is 18.8. The number of carbonyl (C=O) groups excluding carboxylic acids is 1. The van der Waals surface area contributed by atoms with Crippen molar-refractivity contribution in [3.8, 4) is 0 Å². The summed E-state index contributed by atoms with van der Waals surface area (Å²) >= 11 is 0. The fourth-order valence-corrected chi connectivity index (χ4v) is 3.75. The number of nitrogens with one attached hydrogen (secondary N) is 3. The summed E-state index contributed by atoms with van der Waals surface area (Å²) in [6.07, 6.45) is -0.650. The first-order valence-corrected chi connectivity index (χ1v) is 10.6. The largest absolute Gasteiger partial charge is 0.416 e. The minimum Gasteiger partial charge on any atom is -0.398 e. The van der Waals surface area contributed by atoms with Gasteiger partial charge < -0.3 is 21.8 Å². The molecule has 0 saturated heterocycles. The molecule has 1 aliphatic rings. The number of nitrogens with zero attached hydrogens (tertiary/aromatic N) is 2. The molecule has 1 aliphatic heterocycles. The molecular formula is C25H20F4N6O. The predicted molar refractivity (Wildman–Crippen MR) is 128 cm³/mol. The van der Waals surface area contributed by atoms with Crippen molar-refractivity contribution >= 4 is 29.3 Å². The number of carbonyl (C=O) groups is 1. The van der Waals surface area contributed by atoms with Gasteiger partial charge in [-0.15, -0.1) is 0 Å². The molecule has 7 nitrogen and oxygen atoms in total. The van der Waals surface area contributed by atoms with Gasteiger partial charge in [0.2, 0.25) is 0 Å². The molecule has 1 aromatic heterocycles. The van der Waals surface area contributed by atoms with Gasteiger partial charge in [-0.1, -0.05) is 6.07 Å². The summed E-state index contributed by atoms with van der Waals surface area (Å²) in [4.78, 5) is 21.8. The smallest absolute Gasteiger partial charge is 0.398 e. The minimum absolute atomic E-state index is 0.0136.